The van der Waals surface area contributed by atoms with E-state index < -0.39 is 23.7 Å². The van der Waals surface area contributed by atoms with Crippen molar-refractivity contribution in [3.63, 3.8) is 0 Å². The lowest BCUT2D eigenvalue weighted by atomic mass is 10.0. The molecule has 1 aliphatic rings. The summed E-state index contributed by atoms with van der Waals surface area (Å²) >= 11 is 0. The summed E-state index contributed by atoms with van der Waals surface area (Å²) in [7, 11) is 1.07. The highest BCUT2D eigenvalue weighted by atomic mass is 19.4. The molecule has 1 fully saturated rings. The monoisotopic (exact) mass is 418 g/mol. The quantitative estimate of drug-likeness (QED) is 0.657. The minimum Gasteiger partial charge on any atom is -0.342 e. The van der Waals surface area contributed by atoms with Gasteiger partial charge in [-0.1, -0.05) is 42.5 Å². The topological polar surface area (TPSA) is 60.1 Å². The van der Waals surface area contributed by atoms with Crippen LogP contribution in [0.15, 0.2) is 47.3 Å². The fourth-order valence-electron chi connectivity index (χ4n) is 4.02. The molecule has 1 aromatic heterocycles. The molecule has 9 heteroatoms. The molecular formula is C21H21F3N4O2. The second-order valence-electron chi connectivity index (χ2n) is 7.53. The summed E-state index contributed by atoms with van der Waals surface area (Å²) in [5, 5.41) is 5.61. The Balaban J connectivity index is 1.45. The largest absolute Gasteiger partial charge is 0.451 e. The van der Waals surface area contributed by atoms with Crippen LogP contribution in [-0.2, 0) is 24.4 Å². The third kappa shape index (κ3) is 3.71. The van der Waals surface area contributed by atoms with E-state index in [1.54, 1.807) is 4.90 Å². The molecule has 2 heterocycles. The highest BCUT2D eigenvalue weighted by Gasteiger charge is 2.39. The molecule has 3 aromatic rings. The lowest BCUT2D eigenvalue weighted by Crippen LogP contribution is -2.41. The van der Waals surface area contributed by atoms with Crippen LogP contribution in [-0.4, -0.2) is 38.2 Å². The molecule has 2 aromatic carbocycles. The van der Waals surface area contributed by atoms with E-state index >= 15 is 0 Å². The van der Waals surface area contributed by atoms with Gasteiger partial charge in [0.05, 0.1) is 12.5 Å². The minimum absolute atomic E-state index is 0.0332. The molecule has 0 bridgehead atoms. The highest BCUT2D eigenvalue weighted by molar-refractivity contribution is 5.90. The van der Waals surface area contributed by atoms with Gasteiger partial charge in [0, 0.05) is 20.1 Å². The number of piperidine rings is 1. The van der Waals surface area contributed by atoms with Gasteiger partial charge in [-0.05, 0) is 29.2 Å². The van der Waals surface area contributed by atoms with E-state index in [1.165, 1.54) is 0 Å². The molecule has 158 valence electrons. The zero-order chi connectivity index (χ0) is 21.5. The van der Waals surface area contributed by atoms with Gasteiger partial charge in [-0.15, -0.1) is 5.10 Å². The molecule has 0 atom stereocenters. The molecule has 1 saturated heterocycles. The predicted molar refractivity (Wildman–Crippen MR) is 105 cm³/mol. The Morgan fingerprint density at radius 3 is 2.43 bits per heavy atom. The van der Waals surface area contributed by atoms with Crippen LogP contribution in [0.3, 0.4) is 0 Å². The number of rotatable bonds is 3. The standard InChI is InChI=1S/C21H21F3N4O2/c1-26-19(21(22,23)24)25-28(20(26)30)16-9-11-27(12-10-16)18(29)13-15-7-4-6-14-5-2-3-8-17(14)15/h2-8,16H,9-13H2,1H3. The predicted octanol–water partition coefficient (Wildman–Crippen LogP) is 3.16. The number of hydrogen-bond acceptors (Lipinski definition) is 3. The number of halogens is 3. The highest BCUT2D eigenvalue weighted by Crippen LogP contribution is 2.28. The van der Waals surface area contributed by atoms with E-state index in [0.29, 0.717) is 30.5 Å². The van der Waals surface area contributed by atoms with E-state index in [1.807, 2.05) is 42.5 Å². The fraction of sp³-hybridized carbons (Fsp3) is 0.381. The first-order valence-electron chi connectivity index (χ1n) is 9.73. The van der Waals surface area contributed by atoms with Gasteiger partial charge in [-0.3, -0.25) is 9.36 Å². The van der Waals surface area contributed by atoms with Gasteiger partial charge >= 0.3 is 11.9 Å². The first-order valence-corrected chi connectivity index (χ1v) is 9.73. The number of fused-ring (bicyclic) bond motifs is 1. The number of amides is 1. The third-order valence-corrected chi connectivity index (χ3v) is 5.64. The summed E-state index contributed by atoms with van der Waals surface area (Å²) in [5.74, 6) is -1.24. The average molecular weight is 418 g/mol. The molecule has 0 unspecified atom stereocenters. The van der Waals surface area contributed by atoms with Crippen LogP contribution in [0.5, 0.6) is 0 Å². The SMILES string of the molecule is Cn1c(C(F)(F)F)nn(C2CCN(C(=O)Cc3cccc4ccccc34)CC2)c1=O. The number of carbonyl (C=O) groups excluding carboxylic acids is 1. The second kappa shape index (κ2) is 7.62. The van der Waals surface area contributed by atoms with E-state index in [-0.39, 0.29) is 12.3 Å². The van der Waals surface area contributed by atoms with Gasteiger partial charge in [-0.25, -0.2) is 9.48 Å². The van der Waals surface area contributed by atoms with Gasteiger partial charge in [0.25, 0.3) is 0 Å². The molecular weight excluding hydrogens is 397 g/mol. The summed E-state index contributed by atoms with van der Waals surface area (Å²) in [6, 6.07) is 13.2. The Morgan fingerprint density at radius 1 is 1.10 bits per heavy atom. The summed E-state index contributed by atoms with van der Waals surface area (Å²) in [4.78, 5) is 26.7. The Hall–Kier alpha value is -3.10. The smallest absolute Gasteiger partial charge is 0.342 e. The maximum atomic E-state index is 13.0. The summed E-state index contributed by atoms with van der Waals surface area (Å²) in [6.45, 7) is 0.747. The second-order valence-corrected chi connectivity index (χ2v) is 7.53. The van der Waals surface area contributed by atoms with E-state index in [2.05, 4.69) is 5.10 Å². The molecule has 1 aliphatic heterocycles. The molecule has 30 heavy (non-hydrogen) atoms. The molecule has 0 aliphatic carbocycles. The molecule has 0 saturated carbocycles. The van der Waals surface area contributed by atoms with Crippen LogP contribution in [0.25, 0.3) is 10.8 Å². The van der Waals surface area contributed by atoms with Crippen LogP contribution in [0.4, 0.5) is 13.2 Å². The lowest BCUT2D eigenvalue weighted by Gasteiger charge is -2.31. The minimum atomic E-state index is -4.69. The van der Waals surface area contributed by atoms with Crippen LogP contribution in [0.1, 0.15) is 30.3 Å². The molecule has 1 amide bonds. The van der Waals surface area contributed by atoms with Crippen molar-refractivity contribution in [2.75, 3.05) is 13.1 Å². The number of benzene rings is 2. The summed E-state index contributed by atoms with van der Waals surface area (Å²) < 4.78 is 40.5. The van der Waals surface area contributed by atoms with Gasteiger partial charge < -0.3 is 4.90 Å². The molecule has 0 spiro atoms. The maximum Gasteiger partial charge on any atom is 0.451 e. The van der Waals surface area contributed by atoms with E-state index in [4.69, 9.17) is 0 Å². The van der Waals surface area contributed by atoms with E-state index in [9.17, 15) is 22.8 Å². The molecule has 4 rings (SSSR count). The number of likely N-dealkylation sites (tertiary alicyclic amines) is 1. The zero-order valence-corrected chi connectivity index (χ0v) is 16.4. The van der Waals surface area contributed by atoms with Crippen molar-refractivity contribution in [1.82, 2.24) is 19.2 Å². The molecule has 6 nitrogen and oxygen atoms in total. The number of alkyl halides is 3. The fourth-order valence-corrected chi connectivity index (χ4v) is 4.02. The van der Waals surface area contributed by atoms with Crippen molar-refractivity contribution in [3.05, 3.63) is 64.3 Å². The number of hydrogen-bond donors (Lipinski definition) is 0. The Bertz CT molecular complexity index is 1140. The van der Waals surface area contributed by atoms with Crippen LogP contribution in [0, 0.1) is 0 Å². The molecule has 0 radical (unpaired) electrons. The van der Waals surface area contributed by atoms with Crippen LogP contribution in [0.2, 0.25) is 0 Å². The summed E-state index contributed by atoms with van der Waals surface area (Å²) in [5.41, 5.74) is 0.152. The summed E-state index contributed by atoms with van der Waals surface area (Å²) in [6.07, 6.45) is -3.66. The van der Waals surface area contributed by atoms with Gasteiger partial charge in [0.1, 0.15) is 0 Å². The van der Waals surface area contributed by atoms with Gasteiger partial charge in [0.2, 0.25) is 11.7 Å². The van der Waals surface area contributed by atoms with Gasteiger partial charge in [0.15, 0.2) is 0 Å². The first kappa shape index (κ1) is 20.2. The van der Waals surface area contributed by atoms with Crippen molar-refractivity contribution in [2.24, 2.45) is 7.05 Å². The van der Waals surface area contributed by atoms with Crippen molar-refractivity contribution >= 4 is 16.7 Å². The first-order chi connectivity index (χ1) is 14.3. The van der Waals surface area contributed by atoms with Crippen molar-refractivity contribution in [3.8, 4) is 0 Å². The van der Waals surface area contributed by atoms with Gasteiger partial charge in [-0.2, -0.15) is 13.2 Å². The maximum absolute atomic E-state index is 13.0. The third-order valence-electron chi connectivity index (χ3n) is 5.64. The number of carbonyl (C=O) groups is 1. The Morgan fingerprint density at radius 2 is 1.77 bits per heavy atom. The lowest BCUT2D eigenvalue weighted by molar-refractivity contribution is -0.147. The number of aromatic nitrogens is 3. The van der Waals surface area contributed by atoms with E-state index in [0.717, 1.165) is 28.1 Å². The molecule has 0 N–H and O–H groups in total. The van der Waals surface area contributed by atoms with Crippen molar-refractivity contribution in [2.45, 2.75) is 31.5 Å². The Labute approximate surface area is 170 Å². The van der Waals surface area contributed by atoms with Crippen molar-refractivity contribution < 1.29 is 18.0 Å². The average Bonchev–Trinajstić information content (AvgIpc) is 3.03. The van der Waals surface area contributed by atoms with Crippen LogP contribution >= 0.6 is 0 Å². The number of nitrogens with zero attached hydrogens (tertiary/aromatic N) is 4. The Kier molecular flexibility index (Phi) is 5.13. The zero-order valence-electron chi connectivity index (χ0n) is 16.4. The van der Waals surface area contributed by atoms with Crippen LogP contribution < -0.4 is 5.69 Å². The normalized spacial score (nSPS) is 15.7. The van der Waals surface area contributed by atoms with Crippen molar-refractivity contribution in [1.29, 1.82) is 0 Å².